The molecule has 1 saturated heterocycles. The minimum Gasteiger partial charge on any atom is -0.434 e. The number of aromatic nitrogens is 1. The van der Waals surface area contributed by atoms with Crippen molar-refractivity contribution < 1.29 is 40.7 Å². The maximum absolute atomic E-state index is 13.1. The van der Waals surface area contributed by atoms with Gasteiger partial charge in [0.1, 0.15) is 0 Å². The van der Waals surface area contributed by atoms with Crippen LogP contribution in [0.15, 0.2) is 0 Å². The fourth-order valence-corrected chi connectivity index (χ4v) is 4.54. The number of nitrogens with zero attached hydrogens (tertiary/aromatic N) is 2. The third-order valence-electron chi connectivity index (χ3n) is 3.87. The second kappa shape index (κ2) is 7.83. The lowest BCUT2D eigenvalue weighted by Crippen LogP contribution is -2.55. The van der Waals surface area contributed by atoms with Crippen LogP contribution < -0.4 is 10.1 Å². The van der Waals surface area contributed by atoms with E-state index < -0.39 is 48.9 Å². The van der Waals surface area contributed by atoms with E-state index in [-0.39, 0.29) is 31.0 Å². The number of thiazole rings is 1. The molecule has 2 rings (SSSR count). The predicted molar refractivity (Wildman–Crippen MR) is 92.6 cm³/mol. The summed E-state index contributed by atoms with van der Waals surface area (Å²) in [5.74, 6) is -1.07. The molecule has 0 unspecified atom stereocenters. The van der Waals surface area contributed by atoms with Gasteiger partial charge in [-0.2, -0.15) is 13.2 Å². The minimum atomic E-state index is -4.97. The van der Waals surface area contributed by atoms with Crippen LogP contribution in [-0.4, -0.2) is 54.2 Å². The zero-order chi connectivity index (χ0) is 21.3. The molecule has 2 heterocycles. The van der Waals surface area contributed by atoms with Crippen molar-refractivity contribution in [3.8, 4) is 5.06 Å². The Morgan fingerprint density at radius 3 is 2.36 bits per heavy atom. The van der Waals surface area contributed by atoms with Gasteiger partial charge in [-0.25, -0.2) is 22.5 Å². The smallest absolute Gasteiger partial charge is 0.434 e. The number of hydrogen-bond acceptors (Lipinski definition) is 8. The summed E-state index contributed by atoms with van der Waals surface area (Å²) < 4.78 is 72.4. The van der Waals surface area contributed by atoms with Crippen LogP contribution in [-0.2, 0) is 25.7 Å². The monoisotopic (exact) mass is 445 g/mol. The van der Waals surface area contributed by atoms with Crippen LogP contribution in [0.4, 0.5) is 23.1 Å². The summed E-state index contributed by atoms with van der Waals surface area (Å²) in [6.07, 6.45) is -5.68. The van der Waals surface area contributed by atoms with Crippen LogP contribution in [0.25, 0.3) is 0 Å². The first kappa shape index (κ1) is 22.4. The second-order valence-electron chi connectivity index (χ2n) is 6.16. The van der Waals surface area contributed by atoms with Crippen molar-refractivity contribution in [2.24, 2.45) is 0 Å². The van der Waals surface area contributed by atoms with Crippen LogP contribution in [0, 0.1) is 0 Å². The summed E-state index contributed by atoms with van der Waals surface area (Å²) in [6, 6.07) is 0. The van der Waals surface area contributed by atoms with Gasteiger partial charge in [-0.05, 0) is 27.2 Å². The van der Waals surface area contributed by atoms with E-state index in [2.05, 4.69) is 19.8 Å². The average Bonchev–Trinajstić information content (AvgIpc) is 2.87. The van der Waals surface area contributed by atoms with E-state index in [1.165, 1.54) is 6.92 Å². The van der Waals surface area contributed by atoms with Crippen LogP contribution in [0.3, 0.4) is 0 Å². The maximum atomic E-state index is 13.1. The first-order chi connectivity index (χ1) is 12.8. The lowest BCUT2D eigenvalue weighted by Gasteiger charge is -2.36. The average molecular weight is 445 g/mol. The molecule has 0 bridgehead atoms. The van der Waals surface area contributed by atoms with Crippen LogP contribution in [0.5, 0.6) is 5.06 Å². The SMILES string of the molecule is CCOC(=O)Oc1sc(NC(=O)C(C)(C)S(=O)(=O)N2CCC2)nc1C(F)(F)F. The fraction of sp³-hybridized carbons (Fsp3) is 0.643. The summed E-state index contributed by atoms with van der Waals surface area (Å²) in [7, 11) is -4.01. The van der Waals surface area contributed by atoms with Gasteiger partial charge in [-0.1, -0.05) is 11.3 Å². The molecule has 0 atom stereocenters. The highest BCUT2D eigenvalue weighted by Crippen LogP contribution is 2.42. The van der Waals surface area contributed by atoms with Gasteiger partial charge in [-0.15, -0.1) is 0 Å². The highest BCUT2D eigenvalue weighted by molar-refractivity contribution is 7.91. The molecular weight excluding hydrogens is 427 g/mol. The Morgan fingerprint density at radius 2 is 1.89 bits per heavy atom. The molecule has 1 aromatic rings. The lowest BCUT2D eigenvalue weighted by atomic mass is 10.2. The highest BCUT2D eigenvalue weighted by atomic mass is 32.2. The molecule has 0 aromatic carbocycles. The number of sulfonamides is 1. The number of halogens is 3. The van der Waals surface area contributed by atoms with Crippen LogP contribution in [0.2, 0.25) is 0 Å². The molecule has 1 N–H and O–H groups in total. The van der Waals surface area contributed by atoms with E-state index in [1.54, 1.807) is 0 Å². The molecule has 28 heavy (non-hydrogen) atoms. The quantitative estimate of drug-likeness (QED) is 0.669. The van der Waals surface area contributed by atoms with Gasteiger partial charge in [-0.3, -0.25) is 4.79 Å². The van der Waals surface area contributed by atoms with E-state index in [1.807, 2.05) is 0 Å². The van der Waals surface area contributed by atoms with Crippen molar-refractivity contribution in [1.82, 2.24) is 9.29 Å². The Bertz CT molecular complexity index is 862. The van der Waals surface area contributed by atoms with Crippen LogP contribution in [0.1, 0.15) is 32.9 Å². The van der Waals surface area contributed by atoms with Crippen LogP contribution >= 0.6 is 11.3 Å². The Hall–Kier alpha value is -1.93. The largest absolute Gasteiger partial charge is 0.514 e. The molecule has 1 amide bonds. The summed E-state index contributed by atoms with van der Waals surface area (Å²) in [6.45, 7) is 4.14. The van der Waals surface area contributed by atoms with Gasteiger partial charge < -0.3 is 14.8 Å². The molecule has 0 saturated carbocycles. The molecule has 0 spiro atoms. The summed E-state index contributed by atoms with van der Waals surface area (Å²) >= 11 is 0.229. The van der Waals surface area contributed by atoms with Crippen molar-refractivity contribution >= 4 is 38.6 Å². The van der Waals surface area contributed by atoms with Crippen molar-refractivity contribution in [1.29, 1.82) is 0 Å². The van der Waals surface area contributed by atoms with Gasteiger partial charge >= 0.3 is 12.3 Å². The van der Waals surface area contributed by atoms with Gasteiger partial charge in [0.2, 0.25) is 26.7 Å². The van der Waals surface area contributed by atoms with E-state index in [0.717, 1.165) is 18.2 Å². The van der Waals surface area contributed by atoms with E-state index in [0.29, 0.717) is 6.42 Å². The molecule has 0 radical (unpaired) electrons. The molecule has 14 heteroatoms. The highest BCUT2D eigenvalue weighted by Gasteiger charge is 2.48. The standard InChI is InChI=1S/C14H18F3N3O6S2/c1-4-25-12(22)26-9-8(14(15,16)17)18-11(27-9)19-10(21)13(2,3)28(23,24)20-6-5-7-20/h4-7H2,1-3H3,(H,18,19,21). The van der Waals surface area contributed by atoms with Gasteiger partial charge in [0.25, 0.3) is 0 Å². The molecule has 9 nitrogen and oxygen atoms in total. The molecule has 158 valence electrons. The lowest BCUT2D eigenvalue weighted by molar-refractivity contribution is -0.141. The zero-order valence-electron chi connectivity index (χ0n) is 15.1. The number of rotatable bonds is 6. The fourth-order valence-electron chi connectivity index (χ4n) is 2.05. The number of alkyl halides is 3. The number of carbonyl (C=O) groups excluding carboxylic acids is 2. The maximum Gasteiger partial charge on any atom is 0.514 e. The number of carbonyl (C=O) groups is 2. The summed E-state index contributed by atoms with van der Waals surface area (Å²) in [4.78, 5) is 27.0. The minimum absolute atomic E-state index is 0.120. The second-order valence-corrected chi connectivity index (χ2v) is 9.61. The molecule has 1 aromatic heterocycles. The first-order valence-electron chi connectivity index (χ1n) is 8.04. The number of ether oxygens (including phenoxy) is 2. The van der Waals surface area contributed by atoms with Crippen molar-refractivity contribution in [2.75, 3.05) is 25.0 Å². The Morgan fingerprint density at radius 1 is 1.29 bits per heavy atom. The Kier molecular flexibility index (Phi) is 6.25. The third-order valence-corrected chi connectivity index (χ3v) is 7.24. The first-order valence-corrected chi connectivity index (χ1v) is 10.3. The van der Waals surface area contributed by atoms with Crippen molar-refractivity contribution in [3.05, 3.63) is 5.69 Å². The topological polar surface area (TPSA) is 115 Å². The van der Waals surface area contributed by atoms with Crippen molar-refractivity contribution in [2.45, 2.75) is 38.1 Å². The van der Waals surface area contributed by atoms with Gasteiger partial charge in [0, 0.05) is 13.1 Å². The molecule has 1 aliphatic rings. The number of amides is 1. The number of hydrogen-bond donors (Lipinski definition) is 1. The Balaban J connectivity index is 2.26. The summed E-state index contributed by atoms with van der Waals surface area (Å²) in [5.41, 5.74) is -1.54. The molecular formula is C14H18F3N3O6S2. The molecule has 1 fully saturated rings. The number of nitrogens with one attached hydrogen (secondary N) is 1. The van der Waals surface area contributed by atoms with Crippen molar-refractivity contribution in [3.63, 3.8) is 0 Å². The Labute approximate surface area is 162 Å². The molecule has 1 aliphatic heterocycles. The zero-order valence-corrected chi connectivity index (χ0v) is 16.8. The van der Waals surface area contributed by atoms with Gasteiger partial charge in [0.05, 0.1) is 6.61 Å². The predicted octanol–water partition coefficient (Wildman–Crippen LogP) is 2.45. The van der Waals surface area contributed by atoms with E-state index >= 15 is 0 Å². The van der Waals surface area contributed by atoms with E-state index in [4.69, 9.17) is 0 Å². The summed E-state index contributed by atoms with van der Waals surface area (Å²) in [5, 5.41) is 0.568. The third kappa shape index (κ3) is 4.38. The van der Waals surface area contributed by atoms with E-state index in [9.17, 15) is 31.2 Å². The normalized spacial score (nSPS) is 15.6. The molecule has 0 aliphatic carbocycles. The number of anilines is 1. The van der Waals surface area contributed by atoms with Gasteiger partial charge in [0.15, 0.2) is 9.88 Å².